The van der Waals surface area contributed by atoms with Crippen molar-refractivity contribution >= 4 is 5.91 Å². The Kier molecular flexibility index (Phi) is 4.81. The second-order valence-electron chi connectivity index (χ2n) is 7.83. The molecule has 0 aromatic carbocycles. The number of aromatic nitrogens is 1. The highest BCUT2D eigenvalue weighted by atomic mass is 16.5. The molecule has 0 aliphatic heterocycles. The Morgan fingerprint density at radius 1 is 1.42 bits per heavy atom. The highest BCUT2D eigenvalue weighted by Gasteiger charge is 2.32. The minimum atomic E-state index is -0.679. The maximum Gasteiger partial charge on any atom is 0.274 e. The van der Waals surface area contributed by atoms with Gasteiger partial charge in [-0.1, -0.05) is 13.8 Å². The van der Waals surface area contributed by atoms with Crippen molar-refractivity contribution in [1.29, 1.82) is 0 Å². The largest absolute Gasteiger partial charge is 0.491 e. The van der Waals surface area contributed by atoms with Crippen LogP contribution in [0.25, 0.3) is 0 Å². The van der Waals surface area contributed by atoms with Gasteiger partial charge in [0.1, 0.15) is 0 Å². The van der Waals surface area contributed by atoms with Gasteiger partial charge in [0.15, 0.2) is 11.4 Å². The monoisotopic (exact) mass is 332 g/mol. The summed E-state index contributed by atoms with van der Waals surface area (Å²) in [5, 5.41) is 12.6. The van der Waals surface area contributed by atoms with Crippen LogP contribution in [-0.4, -0.2) is 34.8 Å². The normalized spacial score (nSPS) is 19.9. The number of aliphatic hydroxyl groups is 1. The van der Waals surface area contributed by atoms with Gasteiger partial charge in [-0.2, -0.15) is 0 Å². The van der Waals surface area contributed by atoms with Gasteiger partial charge in [0.05, 0.1) is 18.8 Å². The molecule has 2 aliphatic rings. The Morgan fingerprint density at radius 3 is 2.67 bits per heavy atom. The summed E-state index contributed by atoms with van der Waals surface area (Å²) in [6.07, 6.45) is 6.57. The van der Waals surface area contributed by atoms with Crippen LogP contribution in [0.4, 0.5) is 0 Å². The minimum absolute atomic E-state index is 0.105. The number of carbonyl (C=O) groups is 1. The molecule has 132 valence electrons. The van der Waals surface area contributed by atoms with E-state index in [2.05, 4.69) is 10.3 Å². The van der Waals surface area contributed by atoms with Crippen LogP contribution >= 0.6 is 0 Å². The van der Waals surface area contributed by atoms with Crippen molar-refractivity contribution in [2.45, 2.75) is 57.9 Å². The third kappa shape index (κ3) is 3.89. The summed E-state index contributed by atoms with van der Waals surface area (Å²) < 4.78 is 5.92. The van der Waals surface area contributed by atoms with E-state index < -0.39 is 5.54 Å². The zero-order valence-electron chi connectivity index (χ0n) is 14.8. The van der Waals surface area contributed by atoms with Crippen molar-refractivity contribution in [3.05, 3.63) is 23.5 Å². The Balaban J connectivity index is 1.80. The second-order valence-corrected chi connectivity index (χ2v) is 7.83. The van der Waals surface area contributed by atoms with E-state index in [4.69, 9.17) is 4.74 Å². The molecule has 5 heteroatoms. The SMILES string of the molecule is CC(C)[C@@](C)(CO)NC(=O)c1ncc(C2CC2)cc1OCC1CC1. The van der Waals surface area contributed by atoms with Gasteiger partial charge >= 0.3 is 0 Å². The topological polar surface area (TPSA) is 71.5 Å². The number of carbonyl (C=O) groups excluding carboxylic acids is 1. The van der Waals surface area contributed by atoms with Gasteiger partial charge in [-0.15, -0.1) is 0 Å². The molecule has 2 aliphatic carbocycles. The quantitative estimate of drug-likeness (QED) is 0.768. The Hall–Kier alpha value is -1.62. The lowest BCUT2D eigenvalue weighted by Gasteiger charge is -2.32. The predicted octanol–water partition coefficient (Wildman–Crippen LogP) is 2.88. The van der Waals surface area contributed by atoms with E-state index in [1.165, 1.54) is 25.7 Å². The lowest BCUT2D eigenvalue weighted by molar-refractivity contribution is 0.0774. The van der Waals surface area contributed by atoms with Crippen LogP contribution in [0.2, 0.25) is 0 Å². The third-order valence-corrected chi connectivity index (χ3v) is 5.31. The number of nitrogens with one attached hydrogen (secondary N) is 1. The van der Waals surface area contributed by atoms with Gasteiger partial charge in [-0.05, 0) is 62.0 Å². The van der Waals surface area contributed by atoms with Gasteiger partial charge in [0, 0.05) is 6.20 Å². The fourth-order valence-corrected chi connectivity index (χ4v) is 2.56. The smallest absolute Gasteiger partial charge is 0.274 e. The lowest BCUT2D eigenvalue weighted by atomic mass is 9.89. The average Bonchev–Trinajstić information content (AvgIpc) is 3.45. The molecule has 5 nitrogen and oxygen atoms in total. The number of pyridine rings is 1. The Morgan fingerprint density at radius 2 is 2.12 bits per heavy atom. The lowest BCUT2D eigenvalue weighted by Crippen LogP contribution is -2.53. The average molecular weight is 332 g/mol. The first-order valence-corrected chi connectivity index (χ1v) is 8.99. The van der Waals surface area contributed by atoms with Crippen molar-refractivity contribution < 1.29 is 14.6 Å². The van der Waals surface area contributed by atoms with Crippen molar-refractivity contribution in [2.24, 2.45) is 11.8 Å². The fraction of sp³-hybridized carbons (Fsp3) is 0.684. The maximum absolute atomic E-state index is 12.7. The molecule has 1 aromatic heterocycles. The molecule has 2 fully saturated rings. The van der Waals surface area contributed by atoms with Gasteiger partial charge in [0.2, 0.25) is 0 Å². The van der Waals surface area contributed by atoms with Crippen LogP contribution < -0.4 is 10.1 Å². The zero-order chi connectivity index (χ0) is 17.3. The Labute approximate surface area is 143 Å². The fourth-order valence-electron chi connectivity index (χ4n) is 2.56. The molecule has 3 rings (SSSR count). The molecule has 1 aromatic rings. The van der Waals surface area contributed by atoms with Crippen LogP contribution in [0, 0.1) is 11.8 Å². The zero-order valence-corrected chi connectivity index (χ0v) is 14.8. The predicted molar refractivity (Wildman–Crippen MR) is 92.2 cm³/mol. The summed E-state index contributed by atoms with van der Waals surface area (Å²) in [5.41, 5.74) is 0.799. The standard InChI is InChI=1S/C19H28N2O3/c1-12(2)19(3,11-22)21-18(23)17-16(24-10-13-4-5-13)8-15(9-20-17)14-6-7-14/h8-9,12-14,22H,4-7,10-11H2,1-3H3,(H,21,23)/t19-/m1/s1. The van der Waals surface area contributed by atoms with E-state index >= 15 is 0 Å². The van der Waals surface area contributed by atoms with E-state index in [0.29, 0.717) is 29.9 Å². The molecule has 24 heavy (non-hydrogen) atoms. The molecular formula is C19H28N2O3. The highest BCUT2D eigenvalue weighted by molar-refractivity contribution is 5.95. The third-order valence-electron chi connectivity index (χ3n) is 5.31. The van der Waals surface area contributed by atoms with Crippen LogP contribution in [0.15, 0.2) is 12.3 Å². The number of hydrogen-bond acceptors (Lipinski definition) is 4. The van der Waals surface area contributed by atoms with E-state index in [1.807, 2.05) is 26.8 Å². The van der Waals surface area contributed by atoms with Crippen LogP contribution in [0.5, 0.6) is 5.75 Å². The molecule has 0 saturated heterocycles. The van der Waals surface area contributed by atoms with Crippen LogP contribution in [0.1, 0.15) is 68.4 Å². The number of ether oxygens (including phenoxy) is 1. The van der Waals surface area contributed by atoms with E-state index in [-0.39, 0.29) is 18.4 Å². The van der Waals surface area contributed by atoms with Gasteiger partial charge in [-0.25, -0.2) is 4.98 Å². The molecule has 1 heterocycles. The number of amides is 1. The van der Waals surface area contributed by atoms with E-state index in [1.54, 1.807) is 6.20 Å². The number of hydrogen-bond donors (Lipinski definition) is 2. The van der Waals surface area contributed by atoms with Gasteiger partial charge in [0.25, 0.3) is 5.91 Å². The summed E-state index contributed by atoms with van der Waals surface area (Å²) in [4.78, 5) is 17.1. The summed E-state index contributed by atoms with van der Waals surface area (Å²) in [6.45, 7) is 6.33. The Bertz CT molecular complexity index is 609. The molecule has 2 saturated carbocycles. The minimum Gasteiger partial charge on any atom is -0.491 e. The molecule has 1 amide bonds. The van der Waals surface area contributed by atoms with E-state index in [0.717, 1.165) is 5.56 Å². The van der Waals surface area contributed by atoms with Crippen molar-refractivity contribution in [1.82, 2.24) is 10.3 Å². The van der Waals surface area contributed by atoms with Crippen molar-refractivity contribution in [3.63, 3.8) is 0 Å². The van der Waals surface area contributed by atoms with Crippen molar-refractivity contribution in [3.8, 4) is 5.75 Å². The highest BCUT2D eigenvalue weighted by Crippen LogP contribution is 2.41. The van der Waals surface area contributed by atoms with Gasteiger partial charge in [-0.3, -0.25) is 4.79 Å². The van der Waals surface area contributed by atoms with Crippen LogP contribution in [-0.2, 0) is 0 Å². The van der Waals surface area contributed by atoms with Gasteiger partial charge < -0.3 is 15.2 Å². The first kappa shape index (κ1) is 17.2. The summed E-state index contributed by atoms with van der Waals surface area (Å²) in [6, 6.07) is 1.98. The molecule has 0 unspecified atom stereocenters. The first-order valence-electron chi connectivity index (χ1n) is 8.99. The summed E-state index contributed by atoms with van der Waals surface area (Å²) in [7, 11) is 0. The maximum atomic E-state index is 12.7. The second kappa shape index (κ2) is 6.71. The molecule has 2 N–H and O–H groups in total. The molecule has 0 radical (unpaired) electrons. The number of nitrogens with zero attached hydrogens (tertiary/aromatic N) is 1. The summed E-state index contributed by atoms with van der Waals surface area (Å²) in [5.74, 6) is 1.58. The number of rotatable bonds is 8. The van der Waals surface area contributed by atoms with E-state index in [9.17, 15) is 9.90 Å². The summed E-state index contributed by atoms with van der Waals surface area (Å²) >= 11 is 0. The molecular weight excluding hydrogens is 304 g/mol. The molecule has 0 bridgehead atoms. The number of aliphatic hydroxyl groups excluding tert-OH is 1. The molecule has 0 spiro atoms. The first-order chi connectivity index (χ1) is 11.4. The van der Waals surface area contributed by atoms with Crippen molar-refractivity contribution in [2.75, 3.05) is 13.2 Å². The molecule has 1 atom stereocenters. The van der Waals surface area contributed by atoms with Crippen LogP contribution in [0.3, 0.4) is 0 Å².